The van der Waals surface area contributed by atoms with Gasteiger partial charge in [-0.2, -0.15) is 0 Å². The summed E-state index contributed by atoms with van der Waals surface area (Å²) in [5.74, 6) is -0.712. The molecule has 2 rings (SSSR count). The lowest BCUT2D eigenvalue weighted by Crippen LogP contribution is -2.31. The maximum Gasteiger partial charge on any atom is 0.344 e. The Kier molecular flexibility index (Phi) is 6.76. The summed E-state index contributed by atoms with van der Waals surface area (Å²) in [6.07, 6.45) is -1.06. The van der Waals surface area contributed by atoms with E-state index in [1.54, 1.807) is 12.1 Å². The number of esters is 1. The molecule has 0 saturated heterocycles. The molecule has 0 radical (unpaired) electrons. The van der Waals surface area contributed by atoms with E-state index in [1.807, 2.05) is 19.9 Å². The summed E-state index contributed by atoms with van der Waals surface area (Å²) in [4.78, 5) is 23.9. The number of aryl methyl sites for hydroxylation is 2. The van der Waals surface area contributed by atoms with E-state index in [1.165, 1.54) is 31.2 Å². The zero-order valence-corrected chi connectivity index (χ0v) is 16.6. The highest BCUT2D eigenvalue weighted by Crippen LogP contribution is 2.16. The van der Waals surface area contributed by atoms with Crippen LogP contribution < -0.4 is 15.2 Å². The maximum absolute atomic E-state index is 12.1. The highest BCUT2D eigenvalue weighted by molar-refractivity contribution is 7.89. The molecule has 1 atom stereocenters. The van der Waals surface area contributed by atoms with Gasteiger partial charge in [0.2, 0.25) is 10.0 Å². The van der Waals surface area contributed by atoms with Crippen LogP contribution in [-0.4, -0.2) is 33.0 Å². The molecule has 0 fully saturated rings. The Morgan fingerprint density at radius 3 is 2.18 bits per heavy atom. The Morgan fingerprint density at radius 1 is 1.07 bits per heavy atom. The van der Waals surface area contributed by atoms with Crippen LogP contribution in [0.1, 0.15) is 18.1 Å². The number of carbonyl (C=O) groups excluding carboxylic acids is 2. The second kappa shape index (κ2) is 8.85. The molecular formula is C19H22N2O6S. The minimum atomic E-state index is -3.81. The topological polar surface area (TPSA) is 125 Å². The van der Waals surface area contributed by atoms with Crippen molar-refractivity contribution in [2.75, 3.05) is 11.9 Å². The van der Waals surface area contributed by atoms with Gasteiger partial charge < -0.3 is 14.8 Å². The first-order valence-corrected chi connectivity index (χ1v) is 9.93. The predicted molar refractivity (Wildman–Crippen MR) is 103 cm³/mol. The van der Waals surface area contributed by atoms with Crippen LogP contribution in [-0.2, 0) is 24.3 Å². The fourth-order valence-corrected chi connectivity index (χ4v) is 2.93. The van der Waals surface area contributed by atoms with E-state index in [9.17, 15) is 18.0 Å². The third kappa shape index (κ3) is 6.36. The number of anilines is 1. The van der Waals surface area contributed by atoms with Gasteiger partial charge in [0.15, 0.2) is 12.7 Å². The fourth-order valence-electron chi connectivity index (χ4n) is 2.42. The largest absolute Gasteiger partial charge is 0.482 e. The van der Waals surface area contributed by atoms with Crippen molar-refractivity contribution >= 4 is 27.6 Å². The normalized spacial score (nSPS) is 12.1. The van der Waals surface area contributed by atoms with Crippen LogP contribution in [0.2, 0.25) is 0 Å². The monoisotopic (exact) mass is 406 g/mol. The van der Waals surface area contributed by atoms with Crippen molar-refractivity contribution in [3.05, 3.63) is 53.6 Å². The highest BCUT2D eigenvalue weighted by Gasteiger charge is 2.18. The van der Waals surface area contributed by atoms with Crippen LogP contribution in [0.5, 0.6) is 5.75 Å². The van der Waals surface area contributed by atoms with Crippen LogP contribution in [0.3, 0.4) is 0 Å². The van der Waals surface area contributed by atoms with Crippen molar-refractivity contribution < 1.29 is 27.5 Å². The zero-order valence-electron chi connectivity index (χ0n) is 15.8. The molecule has 28 heavy (non-hydrogen) atoms. The molecule has 1 amide bonds. The fraction of sp³-hybridized carbons (Fsp3) is 0.263. The van der Waals surface area contributed by atoms with E-state index in [4.69, 9.17) is 14.6 Å². The Hall–Kier alpha value is -2.91. The van der Waals surface area contributed by atoms with Crippen LogP contribution in [0.4, 0.5) is 5.69 Å². The van der Waals surface area contributed by atoms with E-state index in [0.29, 0.717) is 11.4 Å². The average Bonchev–Trinajstić information content (AvgIpc) is 2.58. The maximum atomic E-state index is 12.1. The molecule has 150 valence electrons. The van der Waals surface area contributed by atoms with Gasteiger partial charge >= 0.3 is 5.97 Å². The average molecular weight is 406 g/mol. The third-order valence-corrected chi connectivity index (χ3v) is 4.61. The van der Waals surface area contributed by atoms with Crippen molar-refractivity contribution in [3.8, 4) is 5.75 Å². The number of primary sulfonamides is 1. The second-order valence-corrected chi connectivity index (χ2v) is 7.86. The van der Waals surface area contributed by atoms with E-state index in [0.717, 1.165) is 11.1 Å². The molecular weight excluding hydrogens is 384 g/mol. The van der Waals surface area contributed by atoms with Crippen molar-refractivity contribution in [1.29, 1.82) is 0 Å². The number of sulfonamides is 1. The standard InChI is InChI=1S/C19H22N2O6S/c1-12-8-13(2)10-16(9-12)26-11-18(22)27-14(3)19(23)21-15-4-6-17(7-5-15)28(20,24)25/h4-10,14H,11H2,1-3H3,(H,21,23)(H2,20,24,25)/t14-/m0/s1. The smallest absolute Gasteiger partial charge is 0.344 e. The Balaban J connectivity index is 1.86. The lowest BCUT2D eigenvalue weighted by molar-refractivity contribution is -0.155. The Labute approximate surface area is 163 Å². The summed E-state index contributed by atoms with van der Waals surface area (Å²) in [6.45, 7) is 4.92. The molecule has 0 aromatic heterocycles. The summed E-state index contributed by atoms with van der Waals surface area (Å²) in [7, 11) is -3.81. The van der Waals surface area contributed by atoms with Crippen LogP contribution >= 0.6 is 0 Å². The third-order valence-electron chi connectivity index (χ3n) is 3.68. The minimum absolute atomic E-state index is 0.0755. The Morgan fingerprint density at radius 2 is 1.64 bits per heavy atom. The lowest BCUT2D eigenvalue weighted by Gasteiger charge is -2.14. The summed E-state index contributed by atoms with van der Waals surface area (Å²) < 4.78 is 32.9. The van der Waals surface area contributed by atoms with Gasteiger partial charge in [-0.1, -0.05) is 6.07 Å². The summed E-state index contributed by atoms with van der Waals surface area (Å²) in [6, 6.07) is 10.9. The van der Waals surface area contributed by atoms with E-state index in [-0.39, 0.29) is 11.5 Å². The first kappa shape index (κ1) is 21.4. The van der Waals surface area contributed by atoms with Crippen LogP contribution in [0.25, 0.3) is 0 Å². The van der Waals surface area contributed by atoms with Gasteiger partial charge in [0.1, 0.15) is 5.75 Å². The van der Waals surface area contributed by atoms with E-state index in [2.05, 4.69) is 5.32 Å². The van der Waals surface area contributed by atoms with Crippen molar-refractivity contribution in [2.24, 2.45) is 5.14 Å². The first-order chi connectivity index (χ1) is 13.0. The summed E-state index contributed by atoms with van der Waals surface area (Å²) >= 11 is 0. The zero-order chi connectivity index (χ0) is 20.9. The van der Waals surface area contributed by atoms with E-state index < -0.39 is 28.0 Å². The van der Waals surface area contributed by atoms with Crippen molar-refractivity contribution in [1.82, 2.24) is 0 Å². The number of carbonyl (C=O) groups is 2. The van der Waals surface area contributed by atoms with E-state index >= 15 is 0 Å². The molecule has 8 nitrogen and oxygen atoms in total. The minimum Gasteiger partial charge on any atom is -0.482 e. The number of ether oxygens (including phenoxy) is 2. The van der Waals surface area contributed by atoms with Gasteiger partial charge in [0.05, 0.1) is 4.90 Å². The van der Waals surface area contributed by atoms with Gasteiger partial charge in [-0.25, -0.2) is 18.4 Å². The number of amides is 1. The molecule has 0 bridgehead atoms. The molecule has 2 aromatic carbocycles. The van der Waals surface area contributed by atoms with Crippen molar-refractivity contribution in [2.45, 2.75) is 31.8 Å². The number of hydrogen-bond donors (Lipinski definition) is 2. The van der Waals surface area contributed by atoms with Gasteiger partial charge in [0.25, 0.3) is 5.91 Å². The summed E-state index contributed by atoms with van der Waals surface area (Å²) in [5, 5.41) is 7.54. The molecule has 3 N–H and O–H groups in total. The molecule has 2 aromatic rings. The number of hydrogen-bond acceptors (Lipinski definition) is 6. The molecule has 0 aliphatic heterocycles. The Bertz CT molecular complexity index is 950. The lowest BCUT2D eigenvalue weighted by atomic mass is 10.1. The van der Waals surface area contributed by atoms with Crippen LogP contribution in [0.15, 0.2) is 47.4 Å². The quantitative estimate of drug-likeness (QED) is 0.677. The number of nitrogens with one attached hydrogen (secondary N) is 1. The summed E-state index contributed by atoms with van der Waals surface area (Å²) in [5.41, 5.74) is 2.35. The second-order valence-electron chi connectivity index (χ2n) is 6.30. The number of rotatable bonds is 7. The molecule has 0 spiro atoms. The van der Waals surface area contributed by atoms with Crippen LogP contribution in [0, 0.1) is 13.8 Å². The van der Waals surface area contributed by atoms with Gasteiger partial charge in [-0.05, 0) is 68.3 Å². The molecule has 0 unspecified atom stereocenters. The predicted octanol–water partition coefficient (Wildman–Crippen LogP) is 1.90. The van der Waals surface area contributed by atoms with Gasteiger partial charge in [-0.15, -0.1) is 0 Å². The number of nitrogens with two attached hydrogens (primary N) is 1. The number of benzene rings is 2. The first-order valence-electron chi connectivity index (χ1n) is 8.39. The SMILES string of the molecule is Cc1cc(C)cc(OCC(=O)O[C@@H](C)C(=O)Nc2ccc(S(N)(=O)=O)cc2)c1. The van der Waals surface area contributed by atoms with Gasteiger partial charge in [0, 0.05) is 5.69 Å². The van der Waals surface area contributed by atoms with Crippen molar-refractivity contribution in [3.63, 3.8) is 0 Å². The highest BCUT2D eigenvalue weighted by atomic mass is 32.2. The molecule has 0 heterocycles. The van der Waals surface area contributed by atoms with Gasteiger partial charge in [-0.3, -0.25) is 4.79 Å². The molecule has 0 saturated carbocycles. The molecule has 0 aliphatic carbocycles. The molecule has 9 heteroatoms. The molecule has 0 aliphatic rings.